The predicted octanol–water partition coefficient (Wildman–Crippen LogP) is 1.91. The molecule has 23 heavy (non-hydrogen) atoms. The molecule has 1 aromatic carbocycles. The van der Waals surface area contributed by atoms with Gasteiger partial charge in [-0.05, 0) is 19.9 Å². The van der Waals surface area contributed by atoms with Crippen LogP contribution in [0.4, 0.5) is 0 Å². The molecule has 2 aliphatic rings. The third-order valence-electron chi connectivity index (χ3n) is 3.95. The second-order valence-electron chi connectivity index (χ2n) is 5.40. The molecule has 0 bridgehead atoms. The molecule has 2 heterocycles. The molecule has 9 heteroatoms. The van der Waals surface area contributed by atoms with E-state index in [1.807, 2.05) is 7.05 Å². The van der Waals surface area contributed by atoms with E-state index in [-0.39, 0.29) is 28.4 Å². The molecule has 1 saturated heterocycles. The highest BCUT2D eigenvalue weighted by molar-refractivity contribution is 7.89. The number of hydrogen-bond acceptors (Lipinski definition) is 5. The van der Waals surface area contributed by atoms with Crippen molar-refractivity contribution in [2.75, 3.05) is 33.4 Å². The van der Waals surface area contributed by atoms with Crippen molar-refractivity contribution in [1.29, 1.82) is 0 Å². The number of nitrogens with one attached hydrogen (secondary N) is 1. The zero-order valence-corrected chi connectivity index (χ0v) is 15.1. The van der Waals surface area contributed by atoms with Crippen molar-refractivity contribution in [2.45, 2.75) is 23.8 Å². The number of rotatable bonds is 4. The van der Waals surface area contributed by atoms with Crippen molar-refractivity contribution < 1.29 is 17.9 Å². The second-order valence-corrected chi connectivity index (χ2v) is 7.66. The maximum absolute atomic E-state index is 12.9. The van der Waals surface area contributed by atoms with Crippen LogP contribution in [-0.2, 0) is 10.0 Å². The average molecular weight is 383 g/mol. The van der Waals surface area contributed by atoms with Crippen LogP contribution < -0.4 is 14.8 Å². The SMILES string of the molecule is CNCC1CCCN1S(=O)(=O)c1cc2c(cc1Cl)OCCO2.Cl. The lowest BCUT2D eigenvalue weighted by molar-refractivity contribution is 0.171. The molecule has 0 aliphatic carbocycles. The van der Waals surface area contributed by atoms with Crippen LogP contribution in [0.15, 0.2) is 17.0 Å². The van der Waals surface area contributed by atoms with Crippen molar-refractivity contribution in [3.63, 3.8) is 0 Å². The molecule has 6 nitrogen and oxygen atoms in total. The van der Waals surface area contributed by atoms with Crippen molar-refractivity contribution in [3.05, 3.63) is 17.2 Å². The Morgan fingerprint density at radius 3 is 2.61 bits per heavy atom. The smallest absolute Gasteiger partial charge is 0.244 e. The van der Waals surface area contributed by atoms with E-state index < -0.39 is 10.0 Å². The highest BCUT2D eigenvalue weighted by Gasteiger charge is 2.36. The van der Waals surface area contributed by atoms with E-state index in [9.17, 15) is 8.42 Å². The number of nitrogens with zero attached hydrogens (tertiary/aromatic N) is 1. The van der Waals surface area contributed by atoms with Gasteiger partial charge in [0.25, 0.3) is 0 Å². The largest absolute Gasteiger partial charge is 0.486 e. The lowest BCUT2D eigenvalue weighted by atomic mass is 10.2. The number of sulfonamides is 1. The average Bonchev–Trinajstić information content (AvgIpc) is 2.96. The van der Waals surface area contributed by atoms with Gasteiger partial charge in [-0.25, -0.2) is 8.42 Å². The van der Waals surface area contributed by atoms with Gasteiger partial charge < -0.3 is 14.8 Å². The summed E-state index contributed by atoms with van der Waals surface area (Å²) in [5.41, 5.74) is 0. The first-order valence-electron chi connectivity index (χ1n) is 7.29. The van der Waals surface area contributed by atoms with E-state index in [4.69, 9.17) is 21.1 Å². The van der Waals surface area contributed by atoms with Gasteiger partial charge in [-0.3, -0.25) is 0 Å². The third-order valence-corrected chi connectivity index (χ3v) is 6.36. The molecule has 1 aromatic rings. The number of hydrogen-bond donors (Lipinski definition) is 1. The van der Waals surface area contributed by atoms with Gasteiger partial charge in [-0.1, -0.05) is 11.6 Å². The molecule has 0 aromatic heterocycles. The normalized spacial score (nSPS) is 21.0. The zero-order valence-electron chi connectivity index (χ0n) is 12.7. The summed E-state index contributed by atoms with van der Waals surface area (Å²) in [5, 5.41) is 3.21. The fourth-order valence-electron chi connectivity index (χ4n) is 2.93. The molecule has 1 atom stereocenters. The summed E-state index contributed by atoms with van der Waals surface area (Å²) < 4.78 is 38.3. The van der Waals surface area contributed by atoms with Crippen LogP contribution >= 0.6 is 24.0 Å². The minimum absolute atomic E-state index is 0. The number of ether oxygens (including phenoxy) is 2. The van der Waals surface area contributed by atoms with Crippen molar-refractivity contribution in [1.82, 2.24) is 9.62 Å². The molecule has 0 spiro atoms. The molecule has 1 N–H and O–H groups in total. The summed E-state index contributed by atoms with van der Waals surface area (Å²) in [6.07, 6.45) is 1.70. The van der Waals surface area contributed by atoms with Gasteiger partial charge in [0.2, 0.25) is 10.0 Å². The van der Waals surface area contributed by atoms with E-state index >= 15 is 0 Å². The summed E-state index contributed by atoms with van der Waals surface area (Å²) in [6, 6.07) is 2.95. The van der Waals surface area contributed by atoms with Crippen molar-refractivity contribution in [3.8, 4) is 11.5 Å². The number of fused-ring (bicyclic) bond motifs is 1. The van der Waals surface area contributed by atoms with E-state index in [2.05, 4.69) is 5.32 Å². The first-order valence-corrected chi connectivity index (χ1v) is 9.11. The van der Waals surface area contributed by atoms with Gasteiger partial charge in [-0.2, -0.15) is 4.31 Å². The first-order chi connectivity index (χ1) is 10.5. The van der Waals surface area contributed by atoms with E-state index in [0.717, 1.165) is 12.8 Å². The third kappa shape index (κ3) is 3.53. The Kier molecular flexibility index (Phi) is 6.02. The van der Waals surface area contributed by atoms with Crippen LogP contribution in [0.3, 0.4) is 0 Å². The molecule has 3 rings (SSSR count). The highest BCUT2D eigenvalue weighted by atomic mass is 35.5. The summed E-state index contributed by atoms with van der Waals surface area (Å²) >= 11 is 6.19. The molecular formula is C14H20Cl2N2O4S. The van der Waals surface area contributed by atoms with E-state index in [1.54, 1.807) is 0 Å². The van der Waals surface area contributed by atoms with Crippen LogP contribution in [0, 0.1) is 0 Å². The predicted molar refractivity (Wildman–Crippen MR) is 90.5 cm³/mol. The van der Waals surface area contributed by atoms with Gasteiger partial charge in [0.15, 0.2) is 11.5 Å². The van der Waals surface area contributed by atoms with Gasteiger partial charge in [0.05, 0.1) is 5.02 Å². The summed E-state index contributed by atoms with van der Waals surface area (Å²) in [7, 11) is -1.83. The summed E-state index contributed by atoms with van der Waals surface area (Å²) in [6.45, 7) is 1.98. The van der Waals surface area contributed by atoms with Crippen molar-refractivity contribution >= 4 is 34.0 Å². The summed E-state index contributed by atoms with van der Waals surface area (Å²) in [5.74, 6) is 0.919. The van der Waals surface area contributed by atoms with E-state index in [0.29, 0.717) is 37.8 Å². The topological polar surface area (TPSA) is 67.9 Å². The number of likely N-dealkylation sites (N-methyl/N-ethyl adjacent to an activating group) is 1. The Morgan fingerprint density at radius 1 is 1.30 bits per heavy atom. The monoisotopic (exact) mass is 382 g/mol. The molecular weight excluding hydrogens is 363 g/mol. The van der Waals surface area contributed by atoms with Gasteiger partial charge in [-0.15, -0.1) is 12.4 Å². The molecule has 2 aliphatic heterocycles. The van der Waals surface area contributed by atoms with Crippen LogP contribution in [-0.4, -0.2) is 52.1 Å². The maximum Gasteiger partial charge on any atom is 0.244 e. The Bertz CT molecular complexity index is 669. The minimum Gasteiger partial charge on any atom is -0.486 e. The molecule has 0 amide bonds. The molecule has 1 fully saturated rings. The van der Waals surface area contributed by atoms with Crippen LogP contribution in [0.5, 0.6) is 11.5 Å². The lowest BCUT2D eigenvalue weighted by Gasteiger charge is -2.25. The number of benzene rings is 1. The quantitative estimate of drug-likeness (QED) is 0.861. The highest BCUT2D eigenvalue weighted by Crippen LogP contribution is 2.39. The van der Waals surface area contributed by atoms with Gasteiger partial charge in [0, 0.05) is 31.3 Å². The standard InChI is InChI=1S/C14H19ClN2O4S.ClH/c1-16-9-10-3-2-4-17(10)22(18,19)14-8-13-12(7-11(14)15)20-5-6-21-13;/h7-8,10,16H,2-6,9H2,1H3;1H. The molecule has 0 radical (unpaired) electrons. The second kappa shape index (κ2) is 7.44. The Labute approximate surface area is 147 Å². The summed E-state index contributed by atoms with van der Waals surface area (Å²) in [4.78, 5) is 0.0846. The van der Waals surface area contributed by atoms with E-state index in [1.165, 1.54) is 16.4 Å². The van der Waals surface area contributed by atoms with Gasteiger partial charge >= 0.3 is 0 Å². The zero-order chi connectivity index (χ0) is 15.7. The van der Waals surface area contributed by atoms with Gasteiger partial charge in [0.1, 0.15) is 18.1 Å². The lowest BCUT2D eigenvalue weighted by Crippen LogP contribution is -2.40. The first kappa shape index (κ1) is 18.6. The minimum atomic E-state index is -3.65. The fourth-order valence-corrected chi connectivity index (χ4v) is 5.14. The maximum atomic E-state index is 12.9. The van der Waals surface area contributed by atoms with Crippen LogP contribution in [0.1, 0.15) is 12.8 Å². The Morgan fingerprint density at radius 2 is 1.96 bits per heavy atom. The fraction of sp³-hybridized carbons (Fsp3) is 0.571. The Hall–Kier alpha value is -0.730. The Balaban J connectivity index is 0.00000192. The molecule has 0 saturated carbocycles. The molecule has 1 unspecified atom stereocenters. The van der Waals surface area contributed by atoms with Crippen molar-refractivity contribution in [2.24, 2.45) is 0 Å². The number of halogens is 2. The van der Waals surface area contributed by atoms with Crippen LogP contribution in [0.2, 0.25) is 5.02 Å². The molecule has 130 valence electrons. The van der Waals surface area contributed by atoms with Crippen LogP contribution in [0.25, 0.3) is 0 Å².